The Bertz CT molecular complexity index is 1520. The first-order chi connectivity index (χ1) is 15.8. The first kappa shape index (κ1) is 18.9. The highest BCUT2D eigenvalue weighted by molar-refractivity contribution is 6.12. The summed E-state index contributed by atoms with van der Waals surface area (Å²) in [6.45, 7) is 6.36. The van der Waals surface area contributed by atoms with Gasteiger partial charge in [0.2, 0.25) is 0 Å². The summed E-state index contributed by atoms with van der Waals surface area (Å²) in [6, 6.07) is 30.8. The molecule has 2 heterocycles. The molecule has 156 valence electrons. The second kappa shape index (κ2) is 7.42. The number of nitrogens with zero attached hydrogens (tertiary/aromatic N) is 2. The van der Waals surface area contributed by atoms with E-state index in [1.54, 1.807) is 0 Å². The molecule has 0 saturated carbocycles. The number of aromatic nitrogens is 2. The maximum atomic E-state index is 2.44. The van der Waals surface area contributed by atoms with Crippen molar-refractivity contribution in [1.29, 1.82) is 0 Å². The Morgan fingerprint density at radius 2 is 0.906 bits per heavy atom. The Hall–Kier alpha value is -3.78. The molecule has 0 bridgehead atoms. The molecule has 2 nitrogen and oxygen atoms in total. The number of fused-ring (bicyclic) bond motifs is 6. The minimum Gasteiger partial charge on any atom is -0.340 e. The Morgan fingerprint density at radius 3 is 1.34 bits per heavy atom. The van der Waals surface area contributed by atoms with E-state index < -0.39 is 0 Å². The largest absolute Gasteiger partial charge is 0.340 e. The Morgan fingerprint density at radius 1 is 0.500 bits per heavy atom. The van der Waals surface area contributed by atoms with Crippen LogP contribution in [0.2, 0.25) is 0 Å². The number of benzene rings is 4. The third-order valence-corrected chi connectivity index (χ3v) is 6.72. The van der Waals surface area contributed by atoms with Crippen LogP contribution in [-0.4, -0.2) is 9.13 Å². The standard InChI is InChI=1S/C30H26N2/c1-3-31-27-17-7-5-13-23(27)25-15-9-11-21(29(25)31)19-20-22-12-10-16-26-24-14-6-8-18-28(24)32(4-2)30(22)26/h5-20H,3-4H2,1-2H3/b20-19+. The molecular weight excluding hydrogens is 388 g/mol. The molecular formula is C30H26N2. The number of hydrogen-bond acceptors (Lipinski definition) is 0. The lowest BCUT2D eigenvalue weighted by atomic mass is 10.1. The van der Waals surface area contributed by atoms with Crippen molar-refractivity contribution >= 4 is 55.8 Å². The second-order valence-electron chi connectivity index (χ2n) is 8.34. The average molecular weight is 415 g/mol. The van der Waals surface area contributed by atoms with Crippen molar-refractivity contribution in [3.05, 3.63) is 96.1 Å². The topological polar surface area (TPSA) is 9.86 Å². The van der Waals surface area contributed by atoms with E-state index in [0.29, 0.717) is 0 Å². The summed E-state index contributed by atoms with van der Waals surface area (Å²) in [5, 5.41) is 5.30. The van der Waals surface area contributed by atoms with E-state index >= 15 is 0 Å². The van der Waals surface area contributed by atoms with Crippen molar-refractivity contribution in [2.75, 3.05) is 0 Å². The molecule has 0 fully saturated rings. The molecule has 0 saturated heterocycles. The first-order valence-corrected chi connectivity index (χ1v) is 11.5. The van der Waals surface area contributed by atoms with Crippen LogP contribution in [0, 0.1) is 0 Å². The van der Waals surface area contributed by atoms with Gasteiger partial charge in [-0.15, -0.1) is 0 Å². The number of aryl methyl sites for hydroxylation is 2. The highest BCUT2D eigenvalue weighted by Gasteiger charge is 2.13. The van der Waals surface area contributed by atoms with Gasteiger partial charge in [-0.2, -0.15) is 0 Å². The van der Waals surface area contributed by atoms with Crippen LogP contribution >= 0.6 is 0 Å². The molecule has 2 aromatic heterocycles. The Balaban J connectivity index is 1.59. The second-order valence-corrected chi connectivity index (χ2v) is 8.34. The van der Waals surface area contributed by atoms with Gasteiger partial charge in [-0.25, -0.2) is 0 Å². The zero-order valence-electron chi connectivity index (χ0n) is 18.5. The summed E-state index contributed by atoms with van der Waals surface area (Å²) in [7, 11) is 0. The van der Waals surface area contributed by atoms with Crippen molar-refractivity contribution in [2.24, 2.45) is 0 Å². The van der Waals surface area contributed by atoms with Crippen LogP contribution in [0.5, 0.6) is 0 Å². The lowest BCUT2D eigenvalue weighted by Crippen LogP contribution is -1.95. The molecule has 0 aliphatic rings. The van der Waals surface area contributed by atoms with Crippen molar-refractivity contribution in [3.63, 3.8) is 0 Å². The minimum atomic E-state index is 0.953. The van der Waals surface area contributed by atoms with E-state index in [1.165, 1.54) is 54.7 Å². The SMILES string of the molecule is CCn1c2ccccc2c2cccc(/C=C/c3cccc4c5ccccc5n(CC)c34)c21. The van der Waals surface area contributed by atoms with E-state index in [0.717, 1.165) is 13.1 Å². The number of rotatable bonds is 4. The van der Waals surface area contributed by atoms with Gasteiger partial charge in [0.25, 0.3) is 0 Å². The van der Waals surface area contributed by atoms with Gasteiger partial charge >= 0.3 is 0 Å². The summed E-state index contributed by atoms with van der Waals surface area (Å²) < 4.78 is 4.88. The minimum absolute atomic E-state index is 0.953. The normalized spacial score (nSPS) is 12.2. The molecule has 32 heavy (non-hydrogen) atoms. The Labute approximate surface area is 188 Å². The summed E-state index contributed by atoms with van der Waals surface area (Å²) in [5.74, 6) is 0. The van der Waals surface area contributed by atoms with E-state index in [-0.39, 0.29) is 0 Å². The summed E-state index contributed by atoms with van der Waals surface area (Å²) in [6.07, 6.45) is 4.58. The van der Waals surface area contributed by atoms with Gasteiger partial charge in [0.05, 0.1) is 11.0 Å². The van der Waals surface area contributed by atoms with Crippen LogP contribution in [0.3, 0.4) is 0 Å². The molecule has 6 rings (SSSR count). The zero-order valence-corrected chi connectivity index (χ0v) is 18.5. The van der Waals surface area contributed by atoms with E-state index in [4.69, 9.17) is 0 Å². The molecule has 0 radical (unpaired) electrons. The molecule has 0 N–H and O–H groups in total. The van der Waals surface area contributed by atoms with E-state index in [1.807, 2.05) is 0 Å². The van der Waals surface area contributed by atoms with Crippen LogP contribution in [-0.2, 0) is 13.1 Å². The van der Waals surface area contributed by atoms with Gasteiger partial charge < -0.3 is 9.13 Å². The lowest BCUT2D eigenvalue weighted by Gasteiger charge is -2.07. The van der Waals surface area contributed by atoms with Gasteiger partial charge in [0.15, 0.2) is 0 Å². The molecule has 0 amide bonds. The average Bonchev–Trinajstić information content (AvgIpc) is 3.36. The van der Waals surface area contributed by atoms with Gasteiger partial charge in [0.1, 0.15) is 0 Å². The smallest absolute Gasteiger partial charge is 0.0564 e. The quantitative estimate of drug-likeness (QED) is 0.258. The fraction of sp³-hybridized carbons (Fsp3) is 0.133. The third-order valence-electron chi connectivity index (χ3n) is 6.72. The zero-order chi connectivity index (χ0) is 21.7. The van der Waals surface area contributed by atoms with Gasteiger partial charge in [-0.3, -0.25) is 0 Å². The molecule has 4 aromatic carbocycles. The lowest BCUT2D eigenvalue weighted by molar-refractivity contribution is 0.826. The Kier molecular flexibility index (Phi) is 4.39. The molecule has 0 atom stereocenters. The highest BCUT2D eigenvalue weighted by atomic mass is 15.0. The molecule has 2 heteroatoms. The molecule has 0 aliphatic carbocycles. The van der Waals surface area contributed by atoms with Crippen molar-refractivity contribution in [2.45, 2.75) is 26.9 Å². The highest BCUT2D eigenvalue weighted by Crippen LogP contribution is 2.34. The van der Waals surface area contributed by atoms with Gasteiger partial charge in [-0.1, -0.05) is 84.9 Å². The number of hydrogen-bond donors (Lipinski definition) is 0. The fourth-order valence-corrected chi connectivity index (χ4v) is 5.38. The monoisotopic (exact) mass is 414 g/mol. The van der Waals surface area contributed by atoms with E-state index in [9.17, 15) is 0 Å². The van der Waals surface area contributed by atoms with Crippen LogP contribution in [0.25, 0.3) is 55.8 Å². The third kappa shape index (κ3) is 2.66. The van der Waals surface area contributed by atoms with Crippen LogP contribution in [0.15, 0.2) is 84.9 Å². The van der Waals surface area contributed by atoms with Crippen molar-refractivity contribution < 1.29 is 0 Å². The molecule has 0 aliphatic heterocycles. The molecule has 0 spiro atoms. The van der Waals surface area contributed by atoms with Gasteiger partial charge in [-0.05, 0) is 37.1 Å². The number of para-hydroxylation sites is 4. The maximum absolute atomic E-state index is 2.44. The van der Waals surface area contributed by atoms with Crippen molar-refractivity contribution in [1.82, 2.24) is 9.13 Å². The summed E-state index contributed by atoms with van der Waals surface area (Å²) >= 11 is 0. The molecule has 6 aromatic rings. The van der Waals surface area contributed by atoms with E-state index in [2.05, 4.69) is 120 Å². The van der Waals surface area contributed by atoms with Crippen molar-refractivity contribution in [3.8, 4) is 0 Å². The van der Waals surface area contributed by atoms with Crippen LogP contribution in [0.1, 0.15) is 25.0 Å². The maximum Gasteiger partial charge on any atom is 0.0564 e. The first-order valence-electron chi connectivity index (χ1n) is 11.5. The summed E-state index contributed by atoms with van der Waals surface area (Å²) in [4.78, 5) is 0. The predicted molar refractivity (Wildman–Crippen MR) is 139 cm³/mol. The fourth-order valence-electron chi connectivity index (χ4n) is 5.38. The van der Waals surface area contributed by atoms with Crippen LogP contribution in [0.4, 0.5) is 0 Å². The van der Waals surface area contributed by atoms with Crippen LogP contribution < -0.4 is 0 Å². The summed E-state index contributed by atoms with van der Waals surface area (Å²) in [5.41, 5.74) is 7.76. The van der Waals surface area contributed by atoms with Gasteiger partial charge in [0, 0.05) is 45.7 Å². The predicted octanol–water partition coefficient (Wildman–Crippen LogP) is 8.11. The molecule has 0 unspecified atom stereocenters.